The van der Waals surface area contributed by atoms with Crippen LogP contribution in [0.4, 0.5) is 0 Å². The van der Waals surface area contributed by atoms with Gasteiger partial charge >= 0.3 is 0 Å². The van der Waals surface area contributed by atoms with E-state index in [0.29, 0.717) is 5.92 Å². The van der Waals surface area contributed by atoms with Crippen molar-refractivity contribution in [1.82, 2.24) is 29.9 Å². The highest BCUT2D eigenvalue weighted by Crippen LogP contribution is 2.29. The summed E-state index contributed by atoms with van der Waals surface area (Å²) in [6.07, 6.45) is 7.81. The monoisotopic (exact) mass is 332 g/mol. The molecule has 0 spiro atoms. The second kappa shape index (κ2) is 7.50. The van der Waals surface area contributed by atoms with Gasteiger partial charge in [-0.15, -0.1) is 10.2 Å². The number of aromatic nitrogens is 3. The predicted octanol–water partition coefficient (Wildman–Crippen LogP) is 1.34. The third-order valence-electron chi connectivity index (χ3n) is 6.21. The SMILES string of the molecule is Cn1c(CN2CCCC2)nnc1[C@@H]1CCCN(C2CCNCC2)C1. The quantitative estimate of drug-likeness (QED) is 0.902. The Labute approximate surface area is 145 Å². The Morgan fingerprint density at radius 3 is 2.58 bits per heavy atom. The van der Waals surface area contributed by atoms with Gasteiger partial charge in [0.25, 0.3) is 0 Å². The number of nitrogens with one attached hydrogen (secondary N) is 1. The Hall–Kier alpha value is -0.980. The van der Waals surface area contributed by atoms with Gasteiger partial charge in [0.05, 0.1) is 6.54 Å². The van der Waals surface area contributed by atoms with E-state index in [1.165, 1.54) is 83.6 Å². The van der Waals surface area contributed by atoms with Crippen molar-refractivity contribution in [2.75, 3.05) is 39.3 Å². The van der Waals surface area contributed by atoms with Gasteiger partial charge in [-0.05, 0) is 71.2 Å². The van der Waals surface area contributed by atoms with E-state index < -0.39 is 0 Å². The van der Waals surface area contributed by atoms with E-state index >= 15 is 0 Å². The van der Waals surface area contributed by atoms with E-state index in [2.05, 4.69) is 36.9 Å². The number of piperidine rings is 2. The van der Waals surface area contributed by atoms with E-state index in [1.807, 2.05) is 0 Å². The van der Waals surface area contributed by atoms with Gasteiger partial charge in [0.1, 0.15) is 11.6 Å². The lowest BCUT2D eigenvalue weighted by Gasteiger charge is -2.39. The number of nitrogens with zero attached hydrogens (tertiary/aromatic N) is 5. The first-order valence-electron chi connectivity index (χ1n) is 9.86. The molecule has 1 N–H and O–H groups in total. The zero-order chi connectivity index (χ0) is 16.4. The highest BCUT2D eigenvalue weighted by Gasteiger charge is 2.30. The Morgan fingerprint density at radius 1 is 1.00 bits per heavy atom. The topological polar surface area (TPSA) is 49.2 Å². The van der Waals surface area contributed by atoms with Gasteiger partial charge in [-0.2, -0.15) is 0 Å². The minimum absolute atomic E-state index is 0.554. The van der Waals surface area contributed by atoms with E-state index in [4.69, 9.17) is 0 Å². The fraction of sp³-hybridized carbons (Fsp3) is 0.889. The third-order valence-corrected chi connectivity index (χ3v) is 6.21. The van der Waals surface area contributed by atoms with Crippen LogP contribution in [0, 0.1) is 0 Å². The molecule has 3 aliphatic rings. The highest BCUT2D eigenvalue weighted by molar-refractivity contribution is 5.05. The predicted molar refractivity (Wildman–Crippen MR) is 95.0 cm³/mol. The summed E-state index contributed by atoms with van der Waals surface area (Å²) in [6.45, 7) is 8.18. The molecule has 3 saturated heterocycles. The summed E-state index contributed by atoms with van der Waals surface area (Å²) in [6, 6.07) is 0.770. The second-order valence-electron chi connectivity index (χ2n) is 7.83. The lowest BCUT2D eigenvalue weighted by atomic mass is 9.93. The summed E-state index contributed by atoms with van der Waals surface area (Å²) < 4.78 is 2.29. The van der Waals surface area contributed by atoms with E-state index in [0.717, 1.165) is 18.4 Å². The molecule has 0 unspecified atom stereocenters. The molecule has 4 heterocycles. The van der Waals surface area contributed by atoms with Crippen LogP contribution in [0.15, 0.2) is 0 Å². The molecule has 3 fully saturated rings. The number of likely N-dealkylation sites (tertiary alicyclic amines) is 2. The second-order valence-corrected chi connectivity index (χ2v) is 7.83. The maximum Gasteiger partial charge on any atom is 0.146 e. The smallest absolute Gasteiger partial charge is 0.146 e. The van der Waals surface area contributed by atoms with Crippen LogP contribution in [0.5, 0.6) is 0 Å². The molecular formula is C18H32N6. The number of rotatable bonds is 4. The van der Waals surface area contributed by atoms with Gasteiger partial charge in [-0.3, -0.25) is 9.80 Å². The van der Waals surface area contributed by atoms with Gasteiger partial charge in [-0.25, -0.2) is 0 Å². The average Bonchev–Trinajstić information content (AvgIpc) is 3.27. The van der Waals surface area contributed by atoms with Crippen LogP contribution in [-0.4, -0.2) is 69.9 Å². The average molecular weight is 332 g/mol. The summed E-state index contributed by atoms with van der Waals surface area (Å²) in [5.41, 5.74) is 0. The molecule has 6 heteroatoms. The third kappa shape index (κ3) is 3.51. The molecular weight excluding hydrogens is 300 g/mol. The summed E-state index contributed by atoms with van der Waals surface area (Å²) in [5.74, 6) is 2.91. The fourth-order valence-corrected chi connectivity index (χ4v) is 4.73. The van der Waals surface area contributed by atoms with Crippen LogP contribution in [0.2, 0.25) is 0 Å². The lowest BCUT2D eigenvalue weighted by molar-refractivity contribution is 0.120. The van der Waals surface area contributed by atoms with E-state index in [-0.39, 0.29) is 0 Å². The Bertz CT molecular complexity index is 530. The Balaban J connectivity index is 1.41. The van der Waals surface area contributed by atoms with Crippen LogP contribution in [0.1, 0.15) is 56.1 Å². The van der Waals surface area contributed by atoms with Crippen molar-refractivity contribution in [2.24, 2.45) is 7.05 Å². The molecule has 0 amide bonds. The zero-order valence-electron chi connectivity index (χ0n) is 15.1. The van der Waals surface area contributed by atoms with Gasteiger partial charge in [0, 0.05) is 25.6 Å². The first-order chi connectivity index (χ1) is 11.8. The molecule has 4 rings (SSSR count). The lowest BCUT2D eigenvalue weighted by Crippen LogP contribution is -2.47. The molecule has 134 valence electrons. The van der Waals surface area contributed by atoms with Crippen molar-refractivity contribution in [2.45, 2.75) is 57.0 Å². The number of hydrogen-bond donors (Lipinski definition) is 1. The minimum atomic E-state index is 0.554. The molecule has 0 radical (unpaired) electrons. The minimum Gasteiger partial charge on any atom is -0.317 e. The van der Waals surface area contributed by atoms with Crippen LogP contribution >= 0.6 is 0 Å². The van der Waals surface area contributed by atoms with Gasteiger partial charge in [0.15, 0.2) is 0 Å². The molecule has 0 aliphatic carbocycles. The Kier molecular flexibility index (Phi) is 5.15. The van der Waals surface area contributed by atoms with Gasteiger partial charge < -0.3 is 9.88 Å². The molecule has 6 nitrogen and oxygen atoms in total. The van der Waals surface area contributed by atoms with E-state index in [9.17, 15) is 0 Å². The highest BCUT2D eigenvalue weighted by atomic mass is 15.3. The van der Waals surface area contributed by atoms with Crippen LogP contribution < -0.4 is 5.32 Å². The maximum absolute atomic E-state index is 4.61. The normalized spacial score (nSPS) is 27.8. The van der Waals surface area contributed by atoms with Crippen molar-refractivity contribution in [3.63, 3.8) is 0 Å². The molecule has 0 bridgehead atoms. The standard InChI is InChI=1S/C18H32N6/c1-22-17(14-23-10-2-3-11-23)20-21-18(22)15-5-4-12-24(13-15)16-6-8-19-9-7-16/h15-16,19H,2-14H2,1H3/t15-/m1/s1. The van der Waals surface area contributed by atoms with Crippen LogP contribution in [0.3, 0.4) is 0 Å². The summed E-state index contributed by atoms with van der Waals surface area (Å²) in [4.78, 5) is 5.24. The summed E-state index contributed by atoms with van der Waals surface area (Å²) in [7, 11) is 2.17. The largest absolute Gasteiger partial charge is 0.317 e. The van der Waals surface area contributed by atoms with Crippen molar-refractivity contribution < 1.29 is 0 Å². The summed E-state index contributed by atoms with van der Waals surface area (Å²) in [5, 5.41) is 12.6. The van der Waals surface area contributed by atoms with E-state index in [1.54, 1.807) is 0 Å². The fourth-order valence-electron chi connectivity index (χ4n) is 4.73. The molecule has 0 saturated carbocycles. The Morgan fingerprint density at radius 2 is 1.79 bits per heavy atom. The van der Waals surface area contributed by atoms with Crippen LogP contribution in [-0.2, 0) is 13.6 Å². The van der Waals surface area contributed by atoms with Crippen molar-refractivity contribution in [3.8, 4) is 0 Å². The molecule has 1 atom stereocenters. The molecule has 3 aliphatic heterocycles. The first kappa shape index (κ1) is 16.5. The first-order valence-corrected chi connectivity index (χ1v) is 9.86. The summed E-state index contributed by atoms with van der Waals surface area (Å²) >= 11 is 0. The molecule has 1 aromatic rings. The maximum atomic E-state index is 4.61. The van der Waals surface area contributed by atoms with Crippen molar-refractivity contribution in [3.05, 3.63) is 11.6 Å². The molecule has 0 aromatic carbocycles. The van der Waals surface area contributed by atoms with Gasteiger partial charge in [-0.1, -0.05) is 0 Å². The van der Waals surface area contributed by atoms with Gasteiger partial charge in [0.2, 0.25) is 0 Å². The zero-order valence-corrected chi connectivity index (χ0v) is 15.1. The van der Waals surface area contributed by atoms with Crippen molar-refractivity contribution >= 4 is 0 Å². The van der Waals surface area contributed by atoms with Crippen LogP contribution in [0.25, 0.3) is 0 Å². The molecule has 1 aromatic heterocycles. The number of hydrogen-bond acceptors (Lipinski definition) is 5. The van der Waals surface area contributed by atoms with Crippen molar-refractivity contribution in [1.29, 1.82) is 0 Å². The molecule has 24 heavy (non-hydrogen) atoms.